The fourth-order valence-electron chi connectivity index (χ4n) is 5.28. The zero-order valence-corrected chi connectivity index (χ0v) is 27.1. The lowest BCUT2D eigenvalue weighted by Gasteiger charge is -2.21. The van der Waals surface area contributed by atoms with E-state index >= 15 is 0 Å². The third-order valence-corrected chi connectivity index (χ3v) is 8.07. The minimum atomic E-state index is -0.808. The normalized spacial score (nSPS) is 17.0. The second-order valence-corrected chi connectivity index (χ2v) is 11.6. The molecule has 2 aliphatic rings. The summed E-state index contributed by atoms with van der Waals surface area (Å²) in [6, 6.07) is 31.5. The van der Waals surface area contributed by atoms with Crippen LogP contribution in [0.2, 0.25) is 0 Å². The number of anilines is 2. The van der Waals surface area contributed by atoms with Crippen LogP contribution in [0.25, 0.3) is 12.2 Å². The summed E-state index contributed by atoms with van der Waals surface area (Å²) in [7, 11) is 0. The molecule has 6 rings (SSSR count). The van der Waals surface area contributed by atoms with Gasteiger partial charge in [0.2, 0.25) is 11.8 Å². The Bertz CT molecular complexity index is 1670. The highest BCUT2D eigenvalue weighted by atomic mass is 16.6. The molecule has 12 nitrogen and oxygen atoms in total. The van der Waals surface area contributed by atoms with Gasteiger partial charge < -0.3 is 29.6 Å². The Morgan fingerprint density at radius 3 is 1.34 bits per heavy atom. The molecule has 0 aromatic heterocycles. The monoisotopic (exact) mass is 676 g/mol. The maximum Gasteiger partial charge on any atom is 0.412 e. The van der Waals surface area contributed by atoms with E-state index in [2.05, 4.69) is 10.6 Å². The van der Waals surface area contributed by atoms with E-state index < -0.39 is 24.3 Å². The molecule has 0 aliphatic carbocycles. The van der Waals surface area contributed by atoms with Crippen molar-refractivity contribution in [2.45, 2.75) is 25.3 Å². The first-order valence-corrected chi connectivity index (χ1v) is 16.0. The zero-order chi connectivity index (χ0) is 34.7. The summed E-state index contributed by atoms with van der Waals surface area (Å²) in [5, 5.41) is 5.69. The molecule has 0 unspecified atom stereocenters. The summed E-state index contributed by atoms with van der Waals surface area (Å²) < 4.78 is 21.5. The number of rotatable bonds is 10. The van der Waals surface area contributed by atoms with Crippen LogP contribution in [0, 0.1) is 0 Å². The molecule has 0 saturated carbocycles. The molecule has 4 amide bonds. The minimum Gasteiger partial charge on any atom is -0.444 e. The summed E-state index contributed by atoms with van der Waals surface area (Å²) in [4.78, 5) is 53.8. The zero-order valence-electron chi connectivity index (χ0n) is 27.1. The van der Waals surface area contributed by atoms with E-state index in [4.69, 9.17) is 18.9 Å². The van der Waals surface area contributed by atoms with Crippen LogP contribution in [0.1, 0.15) is 22.3 Å². The van der Waals surface area contributed by atoms with Crippen LogP contribution in [0.4, 0.5) is 21.0 Å². The van der Waals surface area contributed by atoms with Crippen molar-refractivity contribution in [3.05, 3.63) is 131 Å². The van der Waals surface area contributed by atoms with Crippen LogP contribution in [-0.2, 0) is 41.8 Å². The van der Waals surface area contributed by atoms with Gasteiger partial charge >= 0.3 is 12.2 Å². The molecule has 12 heteroatoms. The maximum absolute atomic E-state index is 13.0. The van der Waals surface area contributed by atoms with E-state index in [1.807, 2.05) is 97.1 Å². The van der Waals surface area contributed by atoms with E-state index in [1.54, 1.807) is 24.3 Å². The Hall–Kier alpha value is -5.98. The Kier molecular flexibility index (Phi) is 11.1. The second-order valence-electron chi connectivity index (χ2n) is 11.6. The number of amides is 4. The number of ether oxygens (including phenoxy) is 4. The Labute approximate surface area is 289 Å². The van der Waals surface area contributed by atoms with Gasteiger partial charge in [-0.3, -0.25) is 19.4 Å². The highest BCUT2D eigenvalue weighted by Crippen LogP contribution is 2.20. The van der Waals surface area contributed by atoms with Gasteiger partial charge in [0.1, 0.15) is 38.8 Å². The number of nitrogens with one attached hydrogen (secondary N) is 2. The van der Waals surface area contributed by atoms with Crippen molar-refractivity contribution in [1.29, 1.82) is 0 Å². The number of nitrogens with zero attached hydrogens (tertiary/aromatic N) is 2. The van der Waals surface area contributed by atoms with Crippen molar-refractivity contribution in [2.75, 3.05) is 37.3 Å². The number of carbonyl (C=O) groups excluding carboxylic acids is 4. The molecule has 2 atom stereocenters. The van der Waals surface area contributed by atoms with Crippen molar-refractivity contribution < 1.29 is 38.1 Å². The van der Waals surface area contributed by atoms with Gasteiger partial charge in [-0.2, -0.15) is 0 Å². The highest BCUT2D eigenvalue weighted by Gasteiger charge is 2.37. The van der Waals surface area contributed by atoms with Crippen LogP contribution < -0.4 is 10.6 Å². The van der Waals surface area contributed by atoms with Crippen LogP contribution in [0.15, 0.2) is 109 Å². The highest BCUT2D eigenvalue weighted by molar-refractivity contribution is 5.98. The molecule has 256 valence electrons. The lowest BCUT2D eigenvalue weighted by Crippen LogP contribution is -2.44. The van der Waals surface area contributed by atoms with E-state index in [0.717, 1.165) is 22.3 Å². The molecule has 2 saturated heterocycles. The molecule has 2 heterocycles. The van der Waals surface area contributed by atoms with Crippen molar-refractivity contribution in [1.82, 2.24) is 9.80 Å². The number of hydrogen-bond acceptors (Lipinski definition) is 8. The van der Waals surface area contributed by atoms with Crippen molar-refractivity contribution in [3.63, 3.8) is 0 Å². The molecule has 4 aromatic rings. The predicted molar refractivity (Wildman–Crippen MR) is 185 cm³/mol. The molecule has 0 radical (unpaired) electrons. The van der Waals surface area contributed by atoms with E-state index in [-0.39, 0.29) is 51.7 Å². The average molecular weight is 677 g/mol. The summed E-state index contributed by atoms with van der Waals surface area (Å²) in [6.45, 7) is 0.307. The largest absolute Gasteiger partial charge is 0.444 e. The molecule has 2 N–H and O–H groups in total. The molecule has 0 spiro atoms. The first-order chi connectivity index (χ1) is 24.4. The van der Waals surface area contributed by atoms with Gasteiger partial charge in [0, 0.05) is 11.4 Å². The molecule has 0 bridgehead atoms. The lowest BCUT2D eigenvalue weighted by molar-refractivity contribution is -0.120. The molecular formula is C38H36N4O8. The SMILES string of the molecule is O=C(Nc1ccc(C=Cc2ccc(NC(=O)[C@@H]3COCN3C(=O)OCc3ccccc3)cc2)cc1)[C@@H]1COCN1C(=O)OCc1ccccc1. The topological polar surface area (TPSA) is 136 Å². The van der Waals surface area contributed by atoms with Gasteiger partial charge in [0.25, 0.3) is 0 Å². The lowest BCUT2D eigenvalue weighted by atomic mass is 10.1. The van der Waals surface area contributed by atoms with Crippen LogP contribution >= 0.6 is 0 Å². The summed E-state index contributed by atoms with van der Waals surface area (Å²) in [5.74, 6) is -0.739. The van der Waals surface area contributed by atoms with E-state index in [0.29, 0.717) is 11.4 Å². The Morgan fingerprint density at radius 1 is 0.580 bits per heavy atom. The van der Waals surface area contributed by atoms with Gasteiger partial charge in [-0.05, 0) is 46.5 Å². The van der Waals surface area contributed by atoms with Crippen LogP contribution in [-0.4, -0.2) is 72.6 Å². The first-order valence-electron chi connectivity index (χ1n) is 16.0. The molecule has 2 fully saturated rings. The fourth-order valence-corrected chi connectivity index (χ4v) is 5.28. The summed E-state index contributed by atoms with van der Waals surface area (Å²) in [6.07, 6.45) is 2.61. The predicted octanol–water partition coefficient (Wildman–Crippen LogP) is 5.72. The van der Waals surface area contributed by atoms with Crippen LogP contribution in [0.5, 0.6) is 0 Å². The quantitative estimate of drug-likeness (QED) is 0.204. The van der Waals surface area contributed by atoms with E-state index in [9.17, 15) is 19.2 Å². The van der Waals surface area contributed by atoms with Gasteiger partial charge in [0.05, 0.1) is 13.2 Å². The Balaban J connectivity index is 0.961. The molecule has 4 aromatic carbocycles. The van der Waals surface area contributed by atoms with Gasteiger partial charge in [-0.1, -0.05) is 97.1 Å². The average Bonchev–Trinajstić information content (AvgIpc) is 3.86. The second kappa shape index (κ2) is 16.4. The third-order valence-electron chi connectivity index (χ3n) is 8.07. The number of benzene rings is 4. The molecular weight excluding hydrogens is 640 g/mol. The van der Waals surface area contributed by atoms with Crippen molar-refractivity contribution in [3.8, 4) is 0 Å². The molecule has 2 aliphatic heterocycles. The molecule has 50 heavy (non-hydrogen) atoms. The summed E-state index contributed by atoms with van der Waals surface area (Å²) in [5.41, 5.74) is 4.65. The fraction of sp³-hybridized carbons (Fsp3) is 0.211. The van der Waals surface area contributed by atoms with Gasteiger partial charge in [0.15, 0.2) is 0 Å². The minimum absolute atomic E-state index is 0.0249. The van der Waals surface area contributed by atoms with E-state index in [1.165, 1.54) is 9.80 Å². The van der Waals surface area contributed by atoms with Crippen molar-refractivity contribution >= 4 is 47.5 Å². The van der Waals surface area contributed by atoms with Gasteiger partial charge in [-0.15, -0.1) is 0 Å². The third kappa shape index (κ3) is 8.92. The summed E-state index contributed by atoms with van der Waals surface area (Å²) >= 11 is 0. The maximum atomic E-state index is 13.0. The number of carbonyl (C=O) groups is 4. The number of hydrogen-bond donors (Lipinski definition) is 2. The first kappa shape index (κ1) is 33.9. The smallest absolute Gasteiger partial charge is 0.412 e. The standard InChI is InChI=1S/C38H36N4O8/c43-35(33-23-47-25-41(33)37(45)49-21-29-7-3-1-4-8-29)39-31-17-13-27(14-18-31)11-12-28-15-19-32(20-16-28)40-36(44)34-24-48-26-42(34)38(46)50-22-30-9-5-2-6-10-30/h1-20,33-34H,21-26H2,(H,39,43)(H,40,44)/t33-,34-/m0/s1. The van der Waals surface area contributed by atoms with Gasteiger partial charge in [-0.25, -0.2) is 9.59 Å². The van der Waals surface area contributed by atoms with Crippen molar-refractivity contribution in [2.24, 2.45) is 0 Å². The Morgan fingerprint density at radius 2 is 0.960 bits per heavy atom. The van der Waals surface area contributed by atoms with Crippen LogP contribution in [0.3, 0.4) is 0 Å².